The smallest absolute Gasteiger partial charge is 0.0942 e. The molecule has 0 spiro atoms. The molecule has 0 aliphatic carbocycles. The van der Waals surface area contributed by atoms with Crippen molar-refractivity contribution in [1.29, 1.82) is 0 Å². The van der Waals surface area contributed by atoms with Crippen molar-refractivity contribution in [3.8, 4) is 16.8 Å². The lowest BCUT2D eigenvalue weighted by Crippen LogP contribution is -2.05. The molecule has 112 valence electrons. The average Bonchev–Trinajstić information content (AvgIpc) is 3.01. The SMILES string of the molecule is Cc1ccncc1-c1ccc(-n2cc3n2C3CC(C)C)cc1. The molecule has 3 nitrogen and oxygen atoms in total. The highest BCUT2D eigenvalue weighted by atomic mass is 15.5. The average molecular weight is 291 g/mol. The summed E-state index contributed by atoms with van der Waals surface area (Å²) in [6, 6.07) is 11.5. The summed E-state index contributed by atoms with van der Waals surface area (Å²) in [7, 11) is 0. The summed E-state index contributed by atoms with van der Waals surface area (Å²) in [6.07, 6.45) is 7.29. The monoisotopic (exact) mass is 291 g/mol. The van der Waals surface area contributed by atoms with E-state index in [1.165, 1.54) is 34.5 Å². The molecule has 0 amide bonds. The fourth-order valence-corrected chi connectivity index (χ4v) is 3.22. The minimum Gasteiger partial charge on any atom is -0.272 e. The normalized spacial score (nSPS) is 16.1. The molecular weight excluding hydrogens is 270 g/mol. The fourth-order valence-electron chi connectivity index (χ4n) is 3.22. The molecule has 1 aliphatic rings. The van der Waals surface area contributed by atoms with Crippen molar-refractivity contribution < 1.29 is 0 Å². The van der Waals surface area contributed by atoms with Gasteiger partial charge in [0.05, 0.1) is 23.6 Å². The van der Waals surface area contributed by atoms with Crippen LogP contribution in [0.15, 0.2) is 48.9 Å². The maximum Gasteiger partial charge on any atom is 0.0942 e. The summed E-state index contributed by atoms with van der Waals surface area (Å²) >= 11 is 0. The number of fused-ring (bicyclic) bond motifs is 1. The lowest BCUT2D eigenvalue weighted by molar-refractivity contribution is 0.519. The molecule has 22 heavy (non-hydrogen) atoms. The zero-order valence-electron chi connectivity index (χ0n) is 13.3. The van der Waals surface area contributed by atoms with Gasteiger partial charge in [-0.15, -0.1) is 0 Å². The summed E-state index contributed by atoms with van der Waals surface area (Å²) in [5.74, 6) is 0.745. The van der Waals surface area contributed by atoms with E-state index in [4.69, 9.17) is 0 Å². The zero-order chi connectivity index (χ0) is 15.3. The molecule has 0 fully saturated rings. The molecule has 1 atom stereocenters. The first-order valence-corrected chi connectivity index (χ1v) is 7.96. The second-order valence-corrected chi connectivity index (χ2v) is 6.63. The van der Waals surface area contributed by atoms with Crippen molar-refractivity contribution in [2.24, 2.45) is 5.92 Å². The van der Waals surface area contributed by atoms with Gasteiger partial charge in [-0.1, -0.05) is 26.0 Å². The third-order valence-electron chi connectivity index (χ3n) is 4.50. The van der Waals surface area contributed by atoms with Crippen LogP contribution in [-0.2, 0) is 0 Å². The lowest BCUT2D eigenvalue weighted by Gasteiger charge is -2.11. The Hall–Kier alpha value is -2.29. The molecule has 3 aromatic rings. The Morgan fingerprint density at radius 3 is 2.59 bits per heavy atom. The first-order chi connectivity index (χ1) is 10.6. The number of hydrogen-bond acceptors (Lipinski definition) is 1. The Bertz CT molecular complexity index is 806. The first kappa shape index (κ1) is 13.4. The van der Waals surface area contributed by atoms with Gasteiger partial charge in [-0.25, -0.2) is 0 Å². The van der Waals surface area contributed by atoms with Gasteiger partial charge in [-0.3, -0.25) is 14.3 Å². The van der Waals surface area contributed by atoms with E-state index in [-0.39, 0.29) is 0 Å². The minimum absolute atomic E-state index is 0.639. The third kappa shape index (κ3) is 2.08. The van der Waals surface area contributed by atoms with Gasteiger partial charge in [-0.2, -0.15) is 0 Å². The van der Waals surface area contributed by atoms with E-state index in [1.54, 1.807) is 0 Å². The van der Waals surface area contributed by atoms with Crippen molar-refractivity contribution in [1.82, 2.24) is 14.3 Å². The van der Waals surface area contributed by atoms with Crippen LogP contribution >= 0.6 is 0 Å². The third-order valence-corrected chi connectivity index (χ3v) is 4.50. The minimum atomic E-state index is 0.639. The number of aryl methyl sites for hydroxylation is 1. The standard InChI is InChI=1S/C19H21N3/c1-13(2)10-18-19-12-21(22(18)19)16-6-4-15(5-7-16)17-11-20-9-8-14(17)3/h4-9,11-13,18H,10H2,1-3H3. The summed E-state index contributed by atoms with van der Waals surface area (Å²) in [5, 5.41) is 0. The van der Waals surface area contributed by atoms with Crippen LogP contribution in [0, 0.1) is 12.8 Å². The van der Waals surface area contributed by atoms with Crippen molar-refractivity contribution >= 4 is 0 Å². The Balaban J connectivity index is 1.57. The largest absolute Gasteiger partial charge is 0.272 e. The number of pyridine rings is 1. The molecule has 0 radical (unpaired) electrons. The molecular formula is C19H21N3. The molecule has 0 saturated carbocycles. The van der Waals surface area contributed by atoms with Crippen LogP contribution in [0.3, 0.4) is 0 Å². The van der Waals surface area contributed by atoms with Crippen LogP contribution in [0.2, 0.25) is 0 Å². The fraction of sp³-hybridized carbons (Fsp3) is 0.316. The second-order valence-electron chi connectivity index (χ2n) is 6.63. The Kier molecular flexibility index (Phi) is 2.96. The molecule has 3 heterocycles. The van der Waals surface area contributed by atoms with Crippen LogP contribution in [0.25, 0.3) is 16.8 Å². The van der Waals surface area contributed by atoms with E-state index in [1.807, 2.05) is 12.4 Å². The van der Waals surface area contributed by atoms with Crippen LogP contribution in [-0.4, -0.2) is 14.3 Å². The van der Waals surface area contributed by atoms with Gasteiger partial charge in [-0.05, 0) is 48.6 Å². The summed E-state index contributed by atoms with van der Waals surface area (Å²) in [6.45, 7) is 6.70. The number of aromatic nitrogens is 3. The number of benzene rings is 1. The molecule has 1 aliphatic heterocycles. The molecule has 0 saturated heterocycles. The lowest BCUT2D eigenvalue weighted by atomic mass is 10.0. The quantitative estimate of drug-likeness (QED) is 0.689. The Labute approximate surface area is 131 Å². The molecule has 3 heteroatoms. The predicted molar refractivity (Wildman–Crippen MR) is 89.3 cm³/mol. The van der Waals surface area contributed by atoms with Crippen LogP contribution in [0.1, 0.15) is 37.6 Å². The van der Waals surface area contributed by atoms with E-state index < -0.39 is 0 Å². The van der Waals surface area contributed by atoms with E-state index >= 15 is 0 Å². The number of nitrogens with zero attached hydrogens (tertiary/aromatic N) is 3. The van der Waals surface area contributed by atoms with Gasteiger partial charge in [0.15, 0.2) is 0 Å². The van der Waals surface area contributed by atoms with Crippen LogP contribution < -0.4 is 0 Å². The molecule has 0 bridgehead atoms. The van der Waals surface area contributed by atoms with Crippen molar-refractivity contribution in [2.75, 3.05) is 0 Å². The van der Waals surface area contributed by atoms with Crippen molar-refractivity contribution in [2.45, 2.75) is 33.2 Å². The van der Waals surface area contributed by atoms with Crippen LogP contribution in [0.5, 0.6) is 0 Å². The van der Waals surface area contributed by atoms with Gasteiger partial charge in [0.2, 0.25) is 0 Å². The molecule has 4 rings (SSSR count). The summed E-state index contributed by atoms with van der Waals surface area (Å²) in [5.41, 5.74) is 6.42. The van der Waals surface area contributed by atoms with E-state index in [0.29, 0.717) is 6.04 Å². The predicted octanol–water partition coefficient (Wildman–Crippen LogP) is 4.60. The Morgan fingerprint density at radius 2 is 1.91 bits per heavy atom. The zero-order valence-corrected chi connectivity index (χ0v) is 13.3. The van der Waals surface area contributed by atoms with Gasteiger partial charge in [0, 0.05) is 18.0 Å². The first-order valence-electron chi connectivity index (χ1n) is 7.96. The van der Waals surface area contributed by atoms with E-state index in [0.717, 1.165) is 5.92 Å². The van der Waals surface area contributed by atoms with Crippen LogP contribution in [0.4, 0.5) is 0 Å². The Morgan fingerprint density at radius 1 is 1.14 bits per heavy atom. The second kappa shape index (κ2) is 4.87. The van der Waals surface area contributed by atoms with Gasteiger partial charge in [0.1, 0.15) is 0 Å². The topological polar surface area (TPSA) is 22.8 Å². The van der Waals surface area contributed by atoms with Crippen molar-refractivity contribution in [3.63, 3.8) is 0 Å². The van der Waals surface area contributed by atoms with Crippen molar-refractivity contribution in [3.05, 3.63) is 60.2 Å². The van der Waals surface area contributed by atoms with E-state index in [9.17, 15) is 0 Å². The maximum atomic E-state index is 4.23. The summed E-state index contributed by atoms with van der Waals surface area (Å²) in [4.78, 5) is 4.23. The van der Waals surface area contributed by atoms with Gasteiger partial charge in [0.25, 0.3) is 0 Å². The van der Waals surface area contributed by atoms with E-state index in [2.05, 4.69) is 71.6 Å². The molecule has 1 aromatic carbocycles. The van der Waals surface area contributed by atoms with Gasteiger partial charge < -0.3 is 0 Å². The highest BCUT2D eigenvalue weighted by Crippen LogP contribution is 2.43. The number of rotatable bonds is 4. The van der Waals surface area contributed by atoms with Gasteiger partial charge >= 0.3 is 0 Å². The number of hydrogen-bond donors (Lipinski definition) is 0. The highest BCUT2D eigenvalue weighted by Gasteiger charge is 2.39. The molecule has 2 aromatic heterocycles. The summed E-state index contributed by atoms with van der Waals surface area (Å²) < 4.78 is 4.66. The highest BCUT2D eigenvalue weighted by molar-refractivity contribution is 5.67. The molecule has 0 N–H and O–H groups in total. The molecule has 1 unspecified atom stereocenters. The maximum absolute atomic E-state index is 4.23.